The lowest BCUT2D eigenvalue weighted by atomic mass is 10.5. The maximum Gasteiger partial charge on any atom is 0.191 e. The molecule has 1 aliphatic rings. The molecule has 18 heavy (non-hydrogen) atoms. The Balaban J connectivity index is 1.63. The van der Waals surface area contributed by atoms with E-state index in [1.807, 2.05) is 16.9 Å². The van der Waals surface area contributed by atoms with Crippen molar-refractivity contribution < 1.29 is 0 Å². The van der Waals surface area contributed by atoms with Crippen LogP contribution in [-0.2, 0) is 13.1 Å². The first-order valence-corrected chi connectivity index (χ1v) is 7.11. The molecule has 0 spiro atoms. The second-order valence-corrected chi connectivity index (χ2v) is 5.38. The first-order valence-electron chi connectivity index (χ1n) is 6.12. The van der Waals surface area contributed by atoms with Crippen LogP contribution in [0.25, 0.3) is 0 Å². The lowest BCUT2D eigenvalue weighted by molar-refractivity contribution is 0.623. The van der Waals surface area contributed by atoms with E-state index in [9.17, 15) is 0 Å². The van der Waals surface area contributed by atoms with Gasteiger partial charge < -0.3 is 10.3 Å². The first kappa shape index (κ1) is 11.7. The lowest BCUT2D eigenvalue weighted by Gasteiger charge is -2.07. The highest BCUT2D eigenvalue weighted by atomic mass is 32.2. The smallest absolute Gasteiger partial charge is 0.191 e. The van der Waals surface area contributed by atoms with Crippen LogP contribution in [0.5, 0.6) is 0 Å². The normalized spacial score (nSPS) is 15.2. The fraction of sp³-hybridized carbons (Fsp3) is 0.545. The van der Waals surface area contributed by atoms with Crippen molar-refractivity contribution in [2.75, 3.05) is 5.75 Å². The average molecular weight is 264 g/mol. The first-order chi connectivity index (χ1) is 8.88. The summed E-state index contributed by atoms with van der Waals surface area (Å²) in [5, 5.41) is 13.6. The predicted octanol–water partition coefficient (Wildman–Crippen LogP) is 1.06. The molecule has 0 aromatic carbocycles. The van der Waals surface area contributed by atoms with Crippen LogP contribution in [0, 0.1) is 0 Å². The Kier molecular flexibility index (Phi) is 3.33. The maximum atomic E-state index is 5.69. The van der Waals surface area contributed by atoms with Gasteiger partial charge in [-0.2, -0.15) is 5.10 Å². The van der Waals surface area contributed by atoms with E-state index in [0.29, 0.717) is 12.6 Å². The van der Waals surface area contributed by atoms with Crippen LogP contribution in [0.4, 0.5) is 0 Å². The van der Waals surface area contributed by atoms with Gasteiger partial charge in [-0.25, -0.2) is 0 Å². The average Bonchev–Trinajstić information content (AvgIpc) is 2.93. The summed E-state index contributed by atoms with van der Waals surface area (Å²) in [6, 6.07) is 2.51. The molecule has 2 aromatic rings. The zero-order chi connectivity index (χ0) is 12.4. The van der Waals surface area contributed by atoms with Crippen molar-refractivity contribution in [2.24, 2.45) is 5.73 Å². The number of nitrogens with two attached hydrogens (primary N) is 1. The number of nitrogens with zero attached hydrogens (tertiary/aromatic N) is 5. The van der Waals surface area contributed by atoms with Crippen LogP contribution < -0.4 is 5.73 Å². The van der Waals surface area contributed by atoms with Crippen molar-refractivity contribution in [3.05, 3.63) is 24.3 Å². The molecule has 0 unspecified atom stereocenters. The highest BCUT2D eigenvalue weighted by Gasteiger charge is 2.28. The van der Waals surface area contributed by atoms with Gasteiger partial charge in [-0.3, -0.25) is 4.68 Å². The number of thioether (sulfide) groups is 1. The fourth-order valence-electron chi connectivity index (χ4n) is 1.91. The van der Waals surface area contributed by atoms with Crippen LogP contribution in [-0.4, -0.2) is 30.3 Å². The number of hydrogen-bond acceptors (Lipinski definition) is 5. The summed E-state index contributed by atoms with van der Waals surface area (Å²) in [7, 11) is 0. The second kappa shape index (κ2) is 5.11. The van der Waals surface area contributed by atoms with E-state index in [-0.39, 0.29) is 0 Å². The molecule has 0 radical (unpaired) electrons. The number of rotatable bonds is 6. The Bertz CT molecular complexity index is 502. The lowest BCUT2D eigenvalue weighted by Crippen LogP contribution is -2.08. The highest BCUT2D eigenvalue weighted by molar-refractivity contribution is 7.99. The van der Waals surface area contributed by atoms with E-state index >= 15 is 0 Å². The molecule has 1 aliphatic carbocycles. The Labute approximate surface area is 110 Å². The van der Waals surface area contributed by atoms with Crippen molar-refractivity contribution in [3.8, 4) is 0 Å². The van der Waals surface area contributed by atoms with Gasteiger partial charge in [0.1, 0.15) is 5.82 Å². The molecule has 2 aromatic heterocycles. The molecule has 1 fully saturated rings. The monoisotopic (exact) mass is 264 g/mol. The maximum absolute atomic E-state index is 5.69. The molecule has 7 heteroatoms. The standard InChI is InChI=1S/C11H16N6S/c12-8-10-14-15-11(17(10)9-2-3-9)18-7-6-16-5-1-4-13-16/h1,4-5,9H,2-3,6-8,12H2. The molecule has 2 N–H and O–H groups in total. The SMILES string of the molecule is NCc1nnc(SCCn2cccn2)n1C1CC1. The van der Waals surface area contributed by atoms with Crippen molar-refractivity contribution in [2.45, 2.75) is 37.1 Å². The third kappa shape index (κ3) is 2.41. The third-order valence-corrected chi connectivity index (χ3v) is 3.86. The van der Waals surface area contributed by atoms with Gasteiger partial charge in [0.05, 0.1) is 13.1 Å². The molecular weight excluding hydrogens is 248 g/mol. The van der Waals surface area contributed by atoms with E-state index in [0.717, 1.165) is 23.3 Å². The quantitative estimate of drug-likeness (QED) is 0.790. The summed E-state index contributed by atoms with van der Waals surface area (Å²) >= 11 is 1.72. The van der Waals surface area contributed by atoms with Crippen molar-refractivity contribution >= 4 is 11.8 Å². The van der Waals surface area contributed by atoms with Gasteiger partial charge in [0, 0.05) is 24.2 Å². The zero-order valence-corrected chi connectivity index (χ0v) is 10.9. The van der Waals surface area contributed by atoms with Crippen molar-refractivity contribution in [1.82, 2.24) is 24.5 Å². The van der Waals surface area contributed by atoms with Gasteiger partial charge in [0.25, 0.3) is 0 Å². The molecule has 3 rings (SSSR count). The van der Waals surface area contributed by atoms with Crippen LogP contribution in [0.2, 0.25) is 0 Å². The van der Waals surface area contributed by atoms with Gasteiger partial charge in [0.15, 0.2) is 5.16 Å². The molecule has 0 amide bonds. The summed E-state index contributed by atoms with van der Waals surface area (Å²) in [5.74, 6) is 1.84. The van der Waals surface area contributed by atoms with E-state index in [1.165, 1.54) is 12.8 Å². The topological polar surface area (TPSA) is 74.6 Å². The summed E-state index contributed by atoms with van der Waals surface area (Å²) in [6.07, 6.45) is 6.21. The Hall–Kier alpha value is -1.34. The molecule has 96 valence electrons. The largest absolute Gasteiger partial charge is 0.324 e. The van der Waals surface area contributed by atoms with E-state index in [4.69, 9.17) is 5.73 Å². The minimum atomic E-state index is 0.462. The van der Waals surface area contributed by atoms with Gasteiger partial charge in [-0.05, 0) is 18.9 Å². The summed E-state index contributed by atoms with van der Waals surface area (Å²) in [5.41, 5.74) is 5.69. The molecule has 0 aliphatic heterocycles. The molecule has 0 saturated heterocycles. The van der Waals surface area contributed by atoms with Gasteiger partial charge in [-0.15, -0.1) is 10.2 Å². The molecule has 2 heterocycles. The molecular formula is C11H16N6S. The van der Waals surface area contributed by atoms with Gasteiger partial charge in [0.2, 0.25) is 0 Å². The third-order valence-electron chi connectivity index (χ3n) is 2.94. The van der Waals surface area contributed by atoms with Crippen LogP contribution in [0.15, 0.2) is 23.6 Å². The van der Waals surface area contributed by atoms with Crippen LogP contribution >= 0.6 is 11.8 Å². The predicted molar refractivity (Wildman–Crippen MR) is 69.1 cm³/mol. The molecule has 1 saturated carbocycles. The molecule has 0 atom stereocenters. The number of aryl methyl sites for hydroxylation is 1. The van der Waals surface area contributed by atoms with Crippen molar-refractivity contribution in [1.29, 1.82) is 0 Å². The van der Waals surface area contributed by atoms with Crippen LogP contribution in [0.3, 0.4) is 0 Å². The number of hydrogen-bond donors (Lipinski definition) is 1. The zero-order valence-electron chi connectivity index (χ0n) is 10.1. The Morgan fingerprint density at radius 2 is 2.28 bits per heavy atom. The number of aromatic nitrogens is 5. The van der Waals surface area contributed by atoms with Crippen LogP contribution in [0.1, 0.15) is 24.7 Å². The van der Waals surface area contributed by atoms with E-state index in [2.05, 4.69) is 19.9 Å². The summed E-state index contributed by atoms with van der Waals surface area (Å²) in [6.45, 7) is 1.34. The summed E-state index contributed by atoms with van der Waals surface area (Å²) in [4.78, 5) is 0. The molecule has 6 nitrogen and oxygen atoms in total. The molecule has 0 bridgehead atoms. The van der Waals surface area contributed by atoms with Crippen molar-refractivity contribution in [3.63, 3.8) is 0 Å². The van der Waals surface area contributed by atoms with Gasteiger partial charge in [-0.1, -0.05) is 11.8 Å². The highest BCUT2D eigenvalue weighted by Crippen LogP contribution is 2.38. The Morgan fingerprint density at radius 1 is 1.39 bits per heavy atom. The second-order valence-electron chi connectivity index (χ2n) is 4.32. The van der Waals surface area contributed by atoms with E-state index < -0.39 is 0 Å². The van der Waals surface area contributed by atoms with E-state index in [1.54, 1.807) is 18.0 Å². The summed E-state index contributed by atoms with van der Waals surface area (Å²) < 4.78 is 4.13. The van der Waals surface area contributed by atoms with Gasteiger partial charge >= 0.3 is 0 Å². The minimum absolute atomic E-state index is 0.462. The Morgan fingerprint density at radius 3 is 2.94 bits per heavy atom. The minimum Gasteiger partial charge on any atom is -0.324 e. The fourth-order valence-corrected chi connectivity index (χ4v) is 2.86.